The zero-order valence-electron chi connectivity index (χ0n) is 39.8. The Kier molecular flexibility index (Phi) is 9.48. The smallest absolute Gasteiger partial charge is 0.160 e. The van der Waals surface area contributed by atoms with Gasteiger partial charge in [-0.2, -0.15) is 0 Å². The number of aromatic nitrogens is 2. The standard InChI is InChI=1S/C67H46N4O/c1-43-25-31-52(41-68-43)70(49-33-27-47(28-34-49)45-15-5-3-6-16-45)51-37-38-56-60(39-51)67(58-22-12-9-19-54(58)55-20-10-13-23-59(55)67)61-40-62(66-65(64(56)61)57-21-11-14-24-63(57)72-66)71(53-32-26-44(2)69-42-53)50-35-29-48(30-36-50)46-17-7-4-8-18-46/h3-42H,1-2H3. The lowest BCUT2D eigenvalue weighted by Crippen LogP contribution is -2.26. The van der Waals surface area contributed by atoms with Gasteiger partial charge < -0.3 is 14.2 Å². The van der Waals surface area contributed by atoms with E-state index in [0.29, 0.717) is 0 Å². The number of furan rings is 1. The van der Waals surface area contributed by atoms with E-state index in [0.717, 1.165) is 73.0 Å². The van der Waals surface area contributed by atoms with Crippen LogP contribution >= 0.6 is 0 Å². The van der Waals surface area contributed by atoms with E-state index in [9.17, 15) is 0 Å². The summed E-state index contributed by atoms with van der Waals surface area (Å²) in [6, 6.07) is 83.6. The van der Waals surface area contributed by atoms with Crippen LogP contribution in [0.15, 0.2) is 247 Å². The van der Waals surface area contributed by atoms with Crippen LogP contribution in [0.25, 0.3) is 66.4 Å². The molecule has 2 aliphatic rings. The molecule has 0 amide bonds. The van der Waals surface area contributed by atoms with Gasteiger partial charge in [-0.3, -0.25) is 9.97 Å². The van der Waals surface area contributed by atoms with Crippen molar-refractivity contribution in [3.63, 3.8) is 0 Å². The van der Waals surface area contributed by atoms with Crippen LogP contribution in [0.2, 0.25) is 0 Å². The lowest BCUT2D eigenvalue weighted by Gasteiger charge is -2.33. The quantitative estimate of drug-likeness (QED) is 0.152. The molecule has 0 N–H and O–H groups in total. The number of nitrogens with zero attached hydrogens (tertiary/aromatic N) is 4. The predicted molar refractivity (Wildman–Crippen MR) is 295 cm³/mol. The summed E-state index contributed by atoms with van der Waals surface area (Å²) in [4.78, 5) is 14.4. The summed E-state index contributed by atoms with van der Waals surface area (Å²) >= 11 is 0. The monoisotopic (exact) mass is 922 g/mol. The Morgan fingerprint density at radius 1 is 0.375 bits per heavy atom. The Morgan fingerprint density at radius 3 is 1.44 bits per heavy atom. The Labute approximate surface area is 418 Å². The zero-order valence-corrected chi connectivity index (χ0v) is 39.8. The Morgan fingerprint density at radius 2 is 0.861 bits per heavy atom. The average molecular weight is 923 g/mol. The van der Waals surface area contributed by atoms with Gasteiger partial charge in [-0.25, -0.2) is 0 Å². The van der Waals surface area contributed by atoms with Crippen molar-refractivity contribution in [2.24, 2.45) is 0 Å². The number of aryl methyl sites for hydroxylation is 2. The molecule has 1 spiro atoms. The van der Waals surface area contributed by atoms with Crippen LogP contribution in [0.5, 0.6) is 0 Å². The van der Waals surface area contributed by atoms with E-state index in [4.69, 9.17) is 14.4 Å². The molecule has 3 heterocycles. The summed E-state index contributed by atoms with van der Waals surface area (Å²) in [5, 5.41) is 2.16. The summed E-state index contributed by atoms with van der Waals surface area (Å²) in [5.41, 5.74) is 23.3. The van der Waals surface area contributed by atoms with Gasteiger partial charge >= 0.3 is 0 Å². The molecule has 5 heteroatoms. The fourth-order valence-electron chi connectivity index (χ4n) is 11.7. The minimum Gasteiger partial charge on any atom is -0.454 e. The predicted octanol–water partition coefficient (Wildman–Crippen LogP) is 17.6. The molecule has 14 rings (SSSR count). The number of pyridine rings is 2. The van der Waals surface area contributed by atoms with E-state index < -0.39 is 5.41 Å². The number of para-hydroxylation sites is 1. The Hall–Kier alpha value is -9.32. The molecule has 0 aliphatic heterocycles. The van der Waals surface area contributed by atoms with Crippen molar-refractivity contribution in [2.75, 3.05) is 9.80 Å². The van der Waals surface area contributed by atoms with Crippen molar-refractivity contribution in [3.05, 3.63) is 277 Å². The molecule has 0 saturated heterocycles. The maximum Gasteiger partial charge on any atom is 0.160 e. The van der Waals surface area contributed by atoms with Crippen LogP contribution in [-0.2, 0) is 5.41 Å². The maximum absolute atomic E-state index is 7.21. The molecule has 12 aromatic rings. The van der Waals surface area contributed by atoms with E-state index >= 15 is 0 Å². The van der Waals surface area contributed by atoms with Crippen molar-refractivity contribution in [1.29, 1.82) is 0 Å². The van der Waals surface area contributed by atoms with Gasteiger partial charge in [0.25, 0.3) is 0 Å². The fraction of sp³-hybridized carbons (Fsp3) is 0.0448. The van der Waals surface area contributed by atoms with Gasteiger partial charge in [0.05, 0.1) is 34.9 Å². The number of hydrogen-bond donors (Lipinski definition) is 0. The number of rotatable bonds is 8. The lowest BCUT2D eigenvalue weighted by molar-refractivity contribution is 0.668. The number of benzene rings is 9. The highest BCUT2D eigenvalue weighted by molar-refractivity contribution is 6.20. The van der Waals surface area contributed by atoms with Gasteiger partial charge in [0, 0.05) is 39.2 Å². The first-order valence-electron chi connectivity index (χ1n) is 24.6. The first-order valence-corrected chi connectivity index (χ1v) is 24.6. The van der Waals surface area contributed by atoms with Crippen molar-refractivity contribution in [3.8, 4) is 44.5 Å². The molecule has 2 aliphatic carbocycles. The first-order chi connectivity index (χ1) is 35.5. The van der Waals surface area contributed by atoms with E-state index in [-0.39, 0.29) is 0 Å². The van der Waals surface area contributed by atoms with Crippen LogP contribution in [0, 0.1) is 13.8 Å². The highest BCUT2D eigenvalue weighted by atomic mass is 16.3. The van der Waals surface area contributed by atoms with E-state index in [2.05, 4.69) is 240 Å². The Bertz CT molecular complexity index is 3990. The van der Waals surface area contributed by atoms with Gasteiger partial charge in [0.2, 0.25) is 0 Å². The second kappa shape index (κ2) is 16.4. The average Bonchev–Trinajstić information content (AvgIpc) is 4.08. The van der Waals surface area contributed by atoms with Gasteiger partial charge in [-0.1, -0.05) is 158 Å². The third-order valence-corrected chi connectivity index (χ3v) is 14.9. The minimum atomic E-state index is -0.710. The molecular weight excluding hydrogens is 877 g/mol. The fourth-order valence-corrected chi connectivity index (χ4v) is 11.7. The first kappa shape index (κ1) is 41.6. The van der Waals surface area contributed by atoms with Crippen LogP contribution < -0.4 is 9.80 Å². The molecule has 340 valence electrons. The summed E-state index contributed by atoms with van der Waals surface area (Å²) in [7, 11) is 0. The molecule has 3 aromatic heterocycles. The molecule has 0 atom stereocenters. The maximum atomic E-state index is 7.21. The molecule has 0 radical (unpaired) electrons. The molecule has 0 fully saturated rings. The highest BCUT2D eigenvalue weighted by Gasteiger charge is 2.53. The molecule has 9 aromatic carbocycles. The van der Waals surface area contributed by atoms with Crippen molar-refractivity contribution in [2.45, 2.75) is 19.3 Å². The highest BCUT2D eigenvalue weighted by Crippen LogP contribution is 2.66. The van der Waals surface area contributed by atoms with Crippen LogP contribution in [0.1, 0.15) is 33.6 Å². The van der Waals surface area contributed by atoms with Crippen LogP contribution in [0.3, 0.4) is 0 Å². The van der Waals surface area contributed by atoms with Crippen molar-refractivity contribution >= 4 is 56.1 Å². The number of fused-ring (bicyclic) bond motifs is 14. The van der Waals surface area contributed by atoms with E-state index in [1.807, 2.05) is 26.2 Å². The molecule has 72 heavy (non-hydrogen) atoms. The molecular formula is C67H46N4O. The normalized spacial score (nSPS) is 12.7. The minimum absolute atomic E-state index is 0.710. The number of anilines is 6. The molecule has 5 nitrogen and oxygen atoms in total. The van der Waals surface area contributed by atoms with Crippen molar-refractivity contribution in [1.82, 2.24) is 9.97 Å². The zero-order chi connectivity index (χ0) is 47.9. The molecule has 0 unspecified atom stereocenters. The van der Waals surface area contributed by atoms with Gasteiger partial charge in [-0.15, -0.1) is 0 Å². The second-order valence-electron chi connectivity index (χ2n) is 19.0. The topological polar surface area (TPSA) is 45.4 Å². The molecule has 0 bridgehead atoms. The summed E-state index contributed by atoms with van der Waals surface area (Å²) in [6.07, 6.45) is 3.98. The summed E-state index contributed by atoms with van der Waals surface area (Å²) in [6.45, 7) is 4.08. The van der Waals surface area contributed by atoms with E-state index in [1.54, 1.807) is 0 Å². The third-order valence-electron chi connectivity index (χ3n) is 14.9. The van der Waals surface area contributed by atoms with Gasteiger partial charge in [0.15, 0.2) is 5.58 Å². The number of hydrogen-bond acceptors (Lipinski definition) is 5. The van der Waals surface area contributed by atoms with Crippen LogP contribution in [-0.4, -0.2) is 9.97 Å². The van der Waals surface area contributed by atoms with Gasteiger partial charge in [-0.05, 0) is 153 Å². The SMILES string of the molecule is Cc1ccc(N(c2ccc(-c3ccccc3)cc2)c2ccc3c(c2)C2(c4ccccc4-c4ccccc42)c2cc(N(c4ccc(-c5ccccc5)cc4)c4ccc(C)nc4)c4oc5ccccc5c4c2-3)cn1. The second-order valence-corrected chi connectivity index (χ2v) is 19.0. The Balaban J connectivity index is 1.06. The van der Waals surface area contributed by atoms with Crippen LogP contribution in [0.4, 0.5) is 34.1 Å². The summed E-state index contributed by atoms with van der Waals surface area (Å²) in [5.74, 6) is 0. The summed E-state index contributed by atoms with van der Waals surface area (Å²) < 4.78 is 7.21. The lowest BCUT2D eigenvalue weighted by atomic mass is 9.70. The van der Waals surface area contributed by atoms with E-state index in [1.165, 1.54) is 61.2 Å². The largest absolute Gasteiger partial charge is 0.454 e. The molecule has 0 saturated carbocycles. The van der Waals surface area contributed by atoms with Gasteiger partial charge in [0.1, 0.15) is 5.58 Å². The third kappa shape index (κ3) is 6.34. The van der Waals surface area contributed by atoms with Crippen molar-refractivity contribution < 1.29 is 4.42 Å².